The third kappa shape index (κ3) is 2.89. The lowest BCUT2D eigenvalue weighted by molar-refractivity contribution is -0.136. The fraction of sp³-hybridized carbons (Fsp3) is 0.368. The van der Waals surface area contributed by atoms with Crippen LogP contribution in [0.4, 0.5) is 0 Å². The van der Waals surface area contributed by atoms with Crippen LogP contribution in [0.25, 0.3) is 11.4 Å². The average molecular weight is 349 g/mol. The van der Waals surface area contributed by atoms with Gasteiger partial charge in [-0.25, -0.2) is 0 Å². The smallest absolute Gasteiger partial charge is 0.244 e. The minimum atomic E-state index is 0.0782. The number of hydrogen-bond donors (Lipinski definition) is 0. The maximum atomic E-state index is 12.4. The summed E-state index contributed by atoms with van der Waals surface area (Å²) < 4.78 is 7.13. The first-order valence-electron chi connectivity index (χ1n) is 8.95. The van der Waals surface area contributed by atoms with E-state index in [-0.39, 0.29) is 11.8 Å². The van der Waals surface area contributed by atoms with Crippen LogP contribution in [-0.2, 0) is 11.3 Å². The fourth-order valence-electron chi connectivity index (χ4n) is 3.28. The Morgan fingerprint density at radius 3 is 2.73 bits per heavy atom. The number of carbonyl (C=O) groups is 1. The third-order valence-electron chi connectivity index (χ3n) is 5.06. The molecule has 0 spiro atoms. The summed E-state index contributed by atoms with van der Waals surface area (Å²) in [5.41, 5.74) is 2.18. The largest absolute Gasteiger partial charge is 0.339 e. The zero-order chi connectivity index (χ0) is 17.5. The van der Waals surface area contributed by atoms with Crippen molar-refractivity contribution in [1.82, 2.24) is 24.8 Å². The van der Waals surface area contributed by atoms with Crippen molar-refractivity contribution in [1.29, 1.82) is 0 Å². The van der Waals surface area contributed by atoms with E-state index in [1.54, 1.807) is 4.68 Å². The van der Waals surface area contributed by atoms with Gasteiger partial charge in [0.15, 0.2) is 0 Å². The Hall–Kier alpha value is -2.96. The molecule has 26 heavy (non-hydrogen) atoms. The normalized spacial score (nSPS) is 17.3. The first-order valence-corrected chi connectivity index (χ1v) is 8.95. The van der Waals surface area contributed by atoms with Crippen LogP contribution in [-0.4, -0.2) is 43.8 Å². The van der Waals surface area contributed by atoms with E-state index in [1.165, 1.54) is 18.4 Å². The van der Waals surface area contributed by atoms with Crippen molar-refractivity contribution in [2.75, 3.05) is 13.1 Å². The minimum Gasteiger partial charge on any atom is -0.339 e. The van der Waals surface area contributed by atoms with Crippen LogP contribution in [0.1, 0.15) is 36.1 Å². The van der Waals surface area contributed by atoms with Crippen LogP contribution in [0.2, 0.25) is 0 Å². The van der Waals surface area contributed by atoms with Gasteiger partial charge in [-0.2, -0.15) is 10.1 Å². The predicted molar refractivity (Wildman–Crippen MR) is 93.3 cm³/mol. The molecule has 0 bridgehead atoms. The topological polar surface area (TPSA) is 77.1 Å². The maximum absolute atomic E-state index is 12.4. The lowest BCUT2D eigenvalue weighted by Crippen LogP contribution is -2.49. The average Bonchev–Trinajstić information content (AvgIpc) is 3.17. The molecule has 5 rings (SSSR count). The molecule has 0 N–H and O–H groups in total. The van der Waals surface area contributed by atoms with Gasteiger partial charge in [0.2, 0.25) is 17.6 Å². The molecule has 1 amide bonds. The lowest BCUT2D eigenvalue weighted by Gasteiger charge is -2.37. The first-order chi connectivity index (χ1) is 12.8. The number of aromatic nitrogens is 4. The molecule has 0 unspecified atom stereocenters. The van der Waals surface area contributed by atoms with Gasteiger partial charge in [0.25, 0.3) is 0 Å². The van der Waals surface area contributed by atoms with E-state index in [1.807, 2.05) is 47.6 Å². The monoisotopic (exact) mass is 349 g/mol. The van der Waals surface area contributed by atoms with Crippen molar-refractivity contribution in [3.8, 4) is 11.4 Å². The second-order valence-corrected chi connectivity index (χ2v) is 7.06. The molecule has 1 saturated carbocycles. The van der Waals surface area contributed by atoms with Gasteiger partial charge in [-0.15, -0.1) is 0 Å². The van der Waals surface area contributed by atoms with E-state index in [0.717, 1.165) is 5.56 Å². The molecule has 1 aliphatic carbocycles. The Morgan fingerprint density at radius 1 is 1.15 bits per heavy atom. The van der Waals surface area contributed by atoms with E-state index >= 15 is 0 Å². The molecule has 0 radical (unpaired) electrons. The van der Waals surface area contributed by atoms with Crippen molar-refractivity contribution in [2.45, 2.75) is 31.2 Å². The van der Waals surface area contributed by atoms with Gasteiger partial charge in [0.05, 0.1) is 12.1 Å². The molecule has 2 aliphatic rings. The second-order valence-electron chi connectivity index (χ2n) is 7.06. The number of amides is 1. The maximum Gasteiger partial charge on any atom is 0.244 e. The molecule has 132 valence electrons. The van der Waals surface area contributed by atoms with Gasteiger partial charge in [0, 0.05) is 24.8 Å². The number of likely N-dealkylation sites (tertiary alicyclic amines) is 1. The molecule has 1 aromatic carbocycles. The molecule has 7 nitrogen and oxygen atoms in total. The van der Waals surface area contributed by atoms with Crippen molar-refractivity contribution in [3.63, 3.8) is 0 Å². The molecule has 3 aromatic rings. The third-order valence-corrected chi connectivity index (χ3v) is 5.06. The van der Waals surface area contributed by atoms with E-state index in [2.05, 4.69) is 15.2 Å². The van der Waals surface area contributed by atoms with Crippen molar-refractivity contribution in [3.05, 3.63) is 54.2 Å². The fourth-order valence-corrected chi connectivity index (χ4v) is 3.28. The highest BCUT2D eigenvalue weighted by atomic mass is 16.5. The summed E-state index contributed by atoms with van der Waals surface area (Å²) in [6.07, 6.45) is 6.36. The first kappa shape index (κ1) is 15.3. The van der Waals surface area contributed by atoms with Crippen molar-refractivity contribution < 1.29 is 9.32 Å². The highest BCUT2D eigenvalue weighted by Crippen LogP contribution is 2.39. The van der Waals surface area contributed by atoms with Crippen LogP contribution >= 0.6 is 0 Å². The molecule has 1 aliphatic heterocycles. The Bertz CT molecular complexity index is 922. The van der Waals surface area contributed by atoms with Crippen LogP contribution in [0.5, 0.6) is 0 Å². The van der Waals surface area contributed by atoms with Gasteiger partial charge in [-0.3, -0.25) is 9.48 Å². The standard InChI is InChI=1S/C19H19N5O2/c25-17(12-24-11-15(8-20-24)13-6-7-13)23-9-16(10-23)19-21-18(22-26-19)14-4-2-1-3-5-14/h1-5,8,11,13,16H,6-7,9-10,12H2. The van der Waals surface area contributed by atoms with Gasteiger partial charge < -0.3 is 9.42 Å². The van der Waals surface area contributed by atoms with Crippen LogP contribution < -0.4 is 0 Å². The summed E-state index contributed by atoms with van der Waals surface area (Å²) in [6.45, 7) is 1.52. The Balaban J connectivity index is 1.18. The summed E-state index contributed by atoms with van der Waals surface area (Å²) in [7, 11) is 0. The zero-order valence-electron chi connectivity index (χ0n) is 14.3. The molecule has 0 atom stereocenters. The van der Waals surface area contributed by atoms with E-state index in [0.29, 0.717) is 37.3 Å². The number of rotatable bonds is 5. The molecular formula is C19H19N5O2. The second kappa shape index (κ2) is 6.09. The SMILES string of the molecule is O=C(Cn1cc(C2CC2)cn1)N1CC(c2nc(-c3ccccc3)no2)C1. The van der Waals surface area contributed by atoms with Gasteiger partial charge in [-0.05, 0) is 24.3 Å². The van der Waals surface area contributed by atoms with Gasteiger partial charge in [0.1, 0.15) is 6.54 Å². The quantitative estimate of drug-likeness (QED) is 0.707. The predicted octanol–water partition coefficient (Wildman–Crippen LogP) is 2.44. The lowest BCUT2D eigenvalue weighted by atomic mass is 10.00. The van der Waals surface area contributed by atoms with E-state index in [4.69, 9.17) is 4.52 Å². The number of carbonyl (C=O) groups excluding carboxylic acids is 1. The number of hydrogen-bond acceptors (Lipinski definition) is 5. The molecule has 2 fully saturated rings. The number of nitrogens with zero attached hydrogens (tertiary/aromatic N) is 5. The van der Waals surface area contributed by atoms with Crippen molar-refractivity contribution in [2.24, 2.45) is 0 Å². The molecular weight excluding hydrogens is 330 g/mol. The summed E-state index contributed by atoms with van der Waals surface area (Å²) in [6, 6.07) is 9.74. The Labute approximate surface area is 150 Å². The summed E-state index contributed by atoms with van der Waals surface area (Å²) >= 11 is 0. The highest BCUT2D eigenvalue weighted by Gasteiger charge is 2.35. The van der Waals surface area contributed by atoms with Gasteiger partial charge in [-0.1, -0.05) is 35.5 Å². The summed E-state index contributed by atoms with van der Waals surface area (Å²) in [4.78, 5) is 18.7. The molecule has 3 heterocycles. The van der Waals surface area contributed by atoms with Crippen LogP contribution in [0, 0.1) is 0 Å². The summed E-state index contributed by atoms with van der Waals surface area (Å²) in [5, 5.41) is 8.35. The van der Waals surface area contributed by atoms with Gasteiger partial charge >= 0.3 is 0 Å². The zero-order valence-corrected chi connectivity index (χ0v) is 14.3. The number of benzene rings is 1. The van der Waals surface area contributed by atoms with E-state index < -0.39 is 0 Å². The minimum absolute atomic E-state index is 0.0782. The molecule has 1 saturated heterocycles. The summed E-state index contributed by atoms with van der Waals surface area (Å²) in [5.74, 6) is 2.04. The van der Waals surface area contributed by atoms with Crippen LogP contribution in [0.15, 0.2) is 47.2 Å². The van der Waals surface area contributed by atoms with Crippen molar-refractivity contribution >= 4 is 5.91 Å². The Morgan fingerprint density at radius 2 is 1.96 bits per heavy atom. The molecule has 2 aromatic heterocycles. The Kier molecular flexibility index (Phi) is 3.58. The highest BCUT2D eigenvalue weighted by molar-refractivity contribution is 5.77. The van der Waals surface area contributed by atoms with E-state index in [9.17, 15) is 4.79 Å². The molecule has 7 heteroatoms. The van der Waals surface area contributed by atoms with Crippen LogP contribution in [0.3, 0.4) is 0 Å².